The number of nitrogens with zero attached hydrogens (tertiary/aromatic N) is 3. The van der Waals surface area contributed by atoms with Crippen LogP contribution in [0.4, 0.5) is 0 Å². The minimum Gasteiger partial charge on any atom is -0.375 e. The van der Waals surface area contributed by atoms with E-state index >= 15 is 0 Å². The van der Waals surface area contributed by atoms with Gasteiger partial charge in [0.05, 0.1) is 5.69 Å². The van der Waals surface area contributed by atoms with Gasteiger partial charge in [-0.25, -0.2) is 4.98 Å². The van der Waals surface area contributed by atoms with Crippen molar-refractivity contribution in [2.75, 3.05) is 39.9 Å². The fourth-order valence-electron chi connectivity index (χ4n) is 5.37. The fraction of sp³-hybridized carbons (Fsp3) is 0.739. The van der Waals surface area contributed by atoms with Crippen molar-refractivity contribution in [1.82, 2.24) is 19.8 Å². The summed E-state index contributed by atoms with van der Waals surface area (Å²) in [6, 6.07) is 1.61. The summed E-state index contributed by atoms with van der Waals surface area (Å²) in [6.07, 6.45) is 7.79. The standard InChI is InChI=1S/C23H34N4O4/c1-31-15-21(29)26-11-8-16(9-12-26)22-24-19(13-20(28)25-22)18-7-4-10-27(14-18)23(30)17-5-2-3-6-17/h13,16-18H,2-12,14-15H2,1H3,(H,24,25,28). The third kappa shape index (κ3) is 5.17. The molecule has 170 valence electrons. The Balaban J connectivity index is 1.42. The molecule has 1 aliphatic carbocycles. The second-order valence-corrected chi connectivity index (χ2v) is 9.25. The predicted octanol–water partition coefficient (Wildman–Crippen LogP) is 2.02. The lowest BCUT2D eigenvalue weighted by molar-refractivity contribution is -0.137. The van der Waals surface area contributed by atoms with E-state index in [-0.39, 0.29) is 35.8 Å². The minimum atomic E-state index is -0.128. The van der Waals surface area contributed by atoms with Gasteiger partial charge in [0.2, 0.25) is 11.8 Å². The third-order valence-corrected chi connectivity index (χ3v) is 7.14. The number of carbonyl (C=O) groups is 2. The highest BCUT2D eigenvalue weighted by Crippen LogP contribution is 2.32. The van der Waals surface area contributed by atoms with Gasteiger partial charge in [-0.05, 0) is 38.5 Å². The van der Waals surface area contributed by atoms with E-state index in [0.717, 1.165) is 69.4 Å². The zero-order valence-electron chi connectivity index (χ0n) is 18.5. The first-order valence-electron chi connectivity index (χ1n) is 11.7. The molecule has 3 fully saturated rings. The predicted molar refractivity (Wildman–Crippen MR) is 116 cm³/mol. The molecular weight excluding hydrogens is 396 g/mol. The van der Waals surface area contributed by atoms with E-state index in [2.05, 4.69) is 4.98 Å². The summed E-state index contributed by atoms with van der Waals surface area (Å²) < 4.78 is 4.95. The van der Waals surface area contributed by atoms with Crippen molar-refractivity contribution < 1.29 is 14.3 Å². The summed E-state index contributed by atoms with van der Waals surface area (Å²) in [5, 5.41) is 0. The molecule has 2 saturated heterocycles. The van der Waals surface area contributed by atoms with E-state index in [4.69, 9.17) is 9.72 Å². The van der Waals surface area contributed by atoms with Crippen LogP contribution < -0.4 is 5.56 Å². The first kappa shape index (κ1) is 22.0. The van der Waals surface area contributed by atoms with E-state index in [1.165, 1.54) is 7.11 Å². The van der Waals surface area contributed by atoms with Crippen molar-refractivity contribution in [3.8, 4) is 0 Å². The average molecular weight is 431 g/mol. The maximum Gasteiger partial charge on any atom is 0.251 e. The van der Waals surface area contributed by atoms with Gasteiger partial charge in [0.1, 0.15) is 12.4 Å². The van der Waals surface area contributed by atoms with E-state index in [0.29, 0.717) is 25.5 Å². The summed E-state index contributed by atoms with van der Waals surface area (Å²) in [5.41, 5.74) is 0.678. The molecule has 0 spiro atoms. The normalized spacial score (nSPS) is 23.3. The molecule has 0 radical (unpaired) electrons. The van der Waals surface area contributed by atoms with Crippen LogP contribution in [0, 0.1) is 5.92 Å². The summed E-state index contributed by atoms with van der Waals surface area (Å²) in [5.74, 6) is 1.46. The molecule has 0 bridgehead atoms. The Hall–Kier alpha value is -2.22. The summed E-state index contributed by atoms with van der Waals surface area (Å²) >= 11 is 0. The molecule has 3 heterocycles. The molecule has 0 aromatic carbocycles. The number of ether oxygens (including phenoxy) is 1. The van der Waals surface area contributed by atoms with Gasteiger partial charge in [-0.1, -0.05) is 12.8 Å². The number of aromatic amines is 1. The lowest BCUT2D eigenvalue weighted by Gasteiger charge is -2.34. The number of piperidine rings is 2. The van der Waals surface area contributed by atoms with Crippen molar-refractivity contribution in [3.63, 3.8) is 0 Å². The van der Waals surface area contributed by atoms with Crippen molar-refractivity contribution in [2.24, 2.45) is 5.92 Å². The van der Waals surface area contributed by atoms with Crippen LogP contribution in [0.3, 0.4) is 0 Å². The molecular formula is C23H34N4O4. The van der Waals surface area contributed by atoms with Crippen LogP contribution in [0.15, 0.2) is 10.9 Å². The maximum atomic E-state index is 12.9. The van der Waals surface area contributed by atoms with Crippen LogP contribution in [-0.2, 0) is 14.3 Å². The van der Waals surface area contributed by atoms with Crippen molar-refractivity contribution in [1.29, 1.82) is 0 Å². The van der Waals surface area contributed by atoms with Gasteiger partial charge < -0.3 is 19.5 Å². The van der Waals surface area contributed by atoms with Crippen molar-refractivity contribution in [3.05, 3.63) is 27.9 Å². The fourth-order valence-corrected chi connectivity index (χ4v) is 5.37. The third-order valence-electron chi connectivity index (χ3n) is 7.14. The Labute approximate surface area is 183 Å². The van der Waals surface area contributed by atoms with Crippen LogP contribution in [0.1, 0.15) is 74.7 Å². The van der Waals surface area contributed by atoms with Crippen molar-refractivity contribution in [2.45, 2.75) is 63.2 Å². The van der Waals surface area contributed by atoms with E-state index in [9.17, 15) is 14.4 Å². The molecule has 8 heteroatoms. The van der Waals surface area contributed by atoms with Crippen LogP contribution in [0.25, 0.3) is 0 Å². The largest absolute Gasteiger partial charge is 0.375 e. The Morgan fingerprint density at radius 2 is 1.77 bits per heavy atom. The summed E-state index contributed by atoms with van der Waals surface area (Å²) in [7, 11) is 1.53. The number of methoxy groups -OCH3 is 1. The average Bonchev–Trinajstić information content (AvgIpc) is 3.33. The molecule has 4 rings (SSSR count). The van der Waals surface area contributed by atoms with Gasteiger partial charge in [-0.2, -0.15) is 0 Å². The zero-order valence-corrected chi connectivity index (χ0v) is 18.5. The van der Waals surface area contributed by atoms with Crippen LogP contribution in [-0.4, -0.2) is 71.5 Å². The number of H-pyrrole nitrogens is 1. The molecule has 1 atom stereocenters. The molecule has 8 nitrogen and oxygen atoms in total. The number of likely N-dealkylation sites (tertiary alicyclic amines) is 2. The van der Waals surface area contributed by atoms with Gasteiger partial charge in [-0.15, -0.1) is 0 Å². The summed E-state index contributed by atoms with van der Waals surface area (Å²) in [4.78, 5) is 48.9. The number of amides is 2. The molecule has 1 unspecified atom stereocenters. The number of hydrogen-bond acceptors (Lipinski definition) is 5. The number of carbonyl (C=O) groups excluding carboxylic acids is 2. The number of rotatable bonds is 5. The number of hydrogen-bond donors (Lipinski definition) is 1. The minimum absolute atomic E-state index is 0.00498. The smallest absolute Gasteiger partial charge is 0.251 e. The quantitative estimate of drug-likeness (QED) is 0.771. The first-order valence-corrected chi connectivity index (χ1v) is 11.7. The SMILES string of the molecule is COCC(=O)N1CCC(c2nc(C3CCCN(C(=O)C4CCCC4)C3)cc(=O)[nH]2)CC1. The van der Waals surface area contributed by atoms with Crippen LogP contribution in [0.2, 0.25) is 0 Å². The second kappa shape index (κ2) is 9.94. The van der Waals surface area contributed by atoms with Gasteiger partial charge in [0.25, 0.3) is 5.56 Å². The van der Waals surface area contributed by atoms with Gasteiger partial charge in [0.15, 0.2) is 0 Å². The van der Waals surface area contributed by atoms with E-state index in [1.54, 1.807) is 6.07 Å². The second-order valence-electron chi connectivity index (χ2n) is 9.25. The molecule has 31 heavy (non-hydrogen) atoms. The highest BCUT2D eigenvalue weighted by Gasteiger charge is 2.32. The Bertz CT molecular complexity index is 840. The van der Waals surface area contributed by atoms with Crippen molar-refractivity contribution >= 4 is 11.8 Å². The molecule has 1 aromatic rings. The molecule has 2 amide bonds. The Morgan fingerprint density at radius 3 is 2.48 bits per heavy atom. The number of nitrogens with one attached hydrogen (secondary N) is 1. The molecule has 2 aliphatic heterocycles. The number of aromatic nitrogens is 2. The topological polar surface area (TPSA) is 95.6 Å². The molecule has 1 saturated carbocycles. The molecule has 3 aliphatic rings. The van der Waals surface area contributed by atoms with E-state index in [1.807, 2.05) is 9.80 Å². The Morgan fingerprint density at radius 1 is 1.03 bits per heavy atom. The molecule has 1 N–H and O–H groups in total. The van der Waals surface area contributed by atoms with E-state index < -0.39 is 0 Å². The highest BCUT2D eigenvalue weighted by atomic mass is 16.5. The zero-order chi connectivity index (χ0) is 21.8. The van der Waals surface area contributed by atoms with Gasteiger partial charge in [-0.3, -0.25) is 14.4 Å². The highest BCUT2D eigenvalue weighted by molar-refractivity contribution is 5.79. The monoisotopic (exact) mass is 430 g/mol. The lowest BCUT2D eigenvalue weighted by atomic mass is 9.92. The van der Waals surface area contributed by atoms with Crippen LogP contribution >= 0.6 is 0 Å². The Kier molecular flexibility index (Phi) is 7.05. The maximum absolute atomic E-state index is 12.9. The first-order chi connectivity index (χ1) is 15.0. The van der Waals surface area contributed by atoms with Gasteiger partial charge >= 0.3 is 0 Å². The van der Waals surface area contributed by atoms with Crippen LogP contribution in [0.5, 0.6) is 0 Å². The molecule has 1 aromatic heterocycles. The lowest BCUT2D eigenvalue weighted by Crippen LogP contribution is -2.42. The summed E-state index contributed by atoms with van der Waals surface area (Å²) in [6.45, 7) is 2.87. The van der Waals surface area contributed by atoms with Gasteiger partial charge in [0, 0.05) is 57.1 Å².